The van der Waals surface area contributed by atoms with Crippen LogP contribution in [0.2, 0.25) is 0 Å². The highest BCUT2D eigenvalue weighted by atomic mass is 16.3. The Labute approximate surface area is 97.8 Å². The summed E-state index contributed by atoms with van der Waals surface area (Å²) >= 11 is 0. The van der Waals surface area contributed by atoms with Gasteiger partial charge < -0.3 is 15.5 Å². The molecule has 0 aromatic carbocycles. The first kappa shape index (κ1) is 11.1. The quantitative estimate of drug-likeness (QED) is 0.806. The van der Waals surface area contributed by atoms with E-state index >= 15 is 0 Å². The van der Waals surface area contributed by atoms with Gasteiger partial charge >= 0.3 is 0 Å². The number of nitrogen functional groups attached to an aromatic ring is 1. The van der Waals surface area contributed by atoms with Crippen molar-refractivity contribution in [3.05, 3.63) is 42.0 Å². The van der Waals surface area contributed by atoms with Crippen molar-refractivity contribution in [1.82, 2.24) is 15.5 Å². The molecule has 2 aromatic heterocycles. The molecule has 6 nitrogen and oxygen atoms in total. The van der Waals surface area contributed by atoms with Crippen molar-refractivity contribution >= 4 is 11.7 Å². The molecule has 0 fully saturated rings. The molecule has 2 heterocycles. The molecule has 0 atom stereocenters. The van der Waals surface area contributed by atoms with E-state index in [-0.39, 0.29) is 17.4 Å². The van der Waals surface area contributed by atoms with Gasteiger partial charge in [0.25, 0.3) is 5.91 Å². The van der Waals surface area contributed by atoms with Crippen molar-refractivity contribution in [2.24, 2.45) is 0 Å². The van der Waals surface area contributed by atoms with E-state index in [0.29, 0.717) is 13.0 Å². The van der Waals surface area contributed by atoms with E-state index in [1.165, 1.54) is 12.1 Å². The number of rotatable bonds is 4. The molecule has 0 spiro atoms. The van der Waals surface area contributed by atoms with Crippen LogP contribution in [-0.4, -0.2) is 22.6 Å². The topological polar surface area (TPSA) is 94.0 Å². The van der Waals surface area contributed by atoms with Crippen LogP contribution in [0.1, 0.15) is 16.2 Å². The monoisotopic (exact) mass is 232 g/mol. The third kappa shape index (κ3) is 3.04. The highest BCUT2D eigenvalue weighted by Crippen LogP contribution is 2.00. The zero-order chi connectivity index (χ0) is 12.1. The highest BCUT2D eigenvalue weighted by Gasteiger charge is 2.07. The molecule has 0 unspecified atom stereocenters. The summed E-state index contributed by atoms with van der Waals surface area (Å²) in [4.78, 5) is 11.6. The van der Waals surface area contributed by atoms with Crippen molar-refractivity contribution in [3.8, 4) is 0 Å². The largest absolute Gasteiger partial charge is 0.469 e. The smallest absolute Gasteiger partial charge is 0.271 e. The maximum absolute atomic E-state index is 11.6. The van der Waals surface area contributed by atoms with Gasteiger partial charge in [0.15, 0.2) is 5.69 Å². The Morgan fingerprint density at radius 2 is 2.24 bits per heavy atom. The predicted octanol–water partition coefficient (Wildman–Crippen LogP) is 0.624. The van der Waals surface area contributed by atoms with Crippen molar-refractivity contribution in [3.63, 3.8) is 0 Å². The van der Waals surface area contributed by atoms with Gasteiger partial charge in [-0.05, 0) is 24.3 Å². The Hall–Kier alpha value is -2.37. The second-order valence-corrected chi connectivity index (χ2v) is 3.43. The molecule has 0 bridgehead atoms. The van der Waals surface area contributed by atoms with Gasteiger partial charge in [-0.15, -0.1) is 10.2 Å². The number of nitrogens with zero attached hydrogens (tertiary/aromatic N) is 2. The second kappa shape index (κ2) is 5.11. The maximum Gasteiger partial charge on any atom is 0.271 e. The molecule has 6 heteroatoms. The third-order valence-electron chi connectivity index (χ3n) is 2.15. The third-order valence-corrected chi connectivity index (χ3v) is 2.15. The van der Waals surface area contributed by atoms with Gasteiger partial charge in [0.05, 0.1) is 6.26 Å². The SMILES string of the molecule is Nc1ccc(C(=O)NCCc2ccco2)nn1. The number of nitrogens with one attached hydrogen (secondary N) is 1. The Morgan fingerprint density at radius 3 is 2.88 bits per heavy atom. The molecule has 2 aromatic rings. The lowest BCUT2D eigenvalue weighted by Gasteiger charge is -2.02. The summed E-state index contributed by atoms with van der Waals surface area (Å²) in [6.07, 6.45) is 2.24. The van der Waals surface area contributed by atoms with Gasteiger partial charge in [-0.1, -0.05) is 0 Å². The van der Waals surface area contributed by atoms with E-state index in [4.69, 9.17) is 10.2 Å². The van der Waals surface area contributed by atoms with Crippen LogP contribution in [0.4, 0.5) is 5.82 Å². The summed E-state index contributed by atoms with van der Waals surface area (Å²) in [5.41, 5.74) is 5.62. The molecular weight excluding hydrogens is 220 g/mol. The van der Waals surface area contributed by atoms with Gasteiger partial charge in [0, 0.05) is 13.0 Å². The van der Waals surface area contributed by atoms with Crippen LogP contribution in [0.3, 0.4) is 0 Å². The van der Waals surface area contributed by atoms with Crippen LogP contribution in [0.15, 0.2) is 34.9 Å². The number of carbonyl (C=O) groups excluding carboxylic acids is 1. The minimum atomic E-state index is -0.274. The van der Waals surface area contributed by atoms with E-state index in [0.717, 1.165) is 5.76 Å². The van der Waals surface area contributed by atoms with Crippen molar-refractivity contribution in [2.75, 3.05) is 12.3 Å². The highest BCUT2D eigenvalue weighted by molar-refractivity contribution is 5.92. The van der Waals surface area contributed by atoms with Crippen LogP contribution in [0.5, 0.6) is 0 Å². The Kier molecular flexibility index (Phi) is 3.34. The number of hydrogen-bond donors (Lipinski definition) is 2. The summed E-state index contributed by atoms with van der Waals surface area (Å²) < 4.78 is 5.14. The summed E-state index contributed by atoms with van der Waals surface area (Å²) in [7, 11) is 0. The molecular formula is C11H12N4O2. The van der Waals surface area contributed by atoms with Gasteiger partial charge in [0.2, 0.25) is 0 Å². The first-order valence-electron chi connectivity index (χ1n) is 5.15. The number of nitrogens with two attached hydrogens (primary N) is 1. The fourth-order valence-corrected chi connectivity index (χ4v) is 1.31. The lowest BCUT2D eigenvalue weighted by molar-refractivity contribution is 0.0948. The van der Waals surface area contributed by atoms with Gasteiger partial charge in [-0.25, -0.2) is 0 Å². The standard InChI is InChI=1S/C11H12N4O2/c12-10-4-3-9(14-15-10)11(16)13-6-5-8-2-1-7-17-8/h1-4,7H,5-6H2,(H2,12,15)(H,13,16). The molecule has 0 aliphatic rings. The zero-order valence-corrected chi connectivity index (χ0v) is 9.09. The normalized spacial score (nSPS) is 10.1. The van der Waals surface area contributed by atoms with E-state index in [1.54, 1.807) is 6.26 Å². The fraction of sp³-hybridized carbons (Fsp3) is 0.182. The molecule has 0 saturated carbocycles. The van der Waals surface area contributed by atoms with Crippen LogP contribution >= 0.6 is 0 Å². The second-order valence-electron chi connectivity index (χ2n) is 3.43. The summed E-state index contributed by atoms with van der Waals surface area (Å²) in [5.74, 6) is 0.842. The van der Waals surface area contributed by atoms with E-state index < -0.39 is 0 Å². The number of hydrogen-bond acceptors (Lipinski definition) is 5. The Morgan fingerprint density at radius 1 is 1.35 bits per heavy atom. The average molecular weight is 232 g/mol. The Bertz CT molecular complexity index is 479. The van der Waals surface area contributed by atoms with Crippen molar-refractivity contribution in [2.45, 2.75) is 6.42 Å². The average Bonchev–Trinajstić information content (AvgIpc) is 2.83. The summed E-state index contributed by atoms with van der Waals surface area (Å²) in [6, 6.07) is 6.73. The molecule has 0 aliphatic carbocycles. The van der Waals surface area contributed by atoms with Crippen molar-refractivity contribution in [1.29, 1.82) is 0 Å². The molecule has 0 saturated heterocycles. The molecule has 2 rings (SSSR count). The van der Waals surface area contributed by atoms with Crippen LogP contribution in [-0.2, 0) is 6.42 Å². The fourth-order valence-electron chi connectivity index (χ4n) is 1.31. The van der Waals surface area contributed by atoms with Crippen LogP contribution < -0.4 is 11.1 Å². The number of anilines is 1. The van der Waals surface area contributed by atoms with E-state index in [9.17, 15) is 4.79 Å². The maximum atomic E-state index is 11.6. The van der Waals surface area contributed by atoms with Crippen LogP contribution in [0.25, 0.3) is 0 Å². The van der Waals surface area contributed by atoms with E-state index in [1.807, 2.05) is 12.1 Å². The number of furan rings is 1. The predicted molar refractivity (Wildman–Crippen MR) is 61.2 cm³/mol. The summed E-state index contributed by atoms with van der Waals surface area (Å²) in [5, 5.41) is 10.0. The molecule has 88 valence electrons. The lowest BCUT2D eigenvalue weighted by Crippen LogP contribution is -2.26. The lowest BCUT2D eigenvalue weighted by atomic mass is 10.3. The minimum absolute atomic E-state index is 0.249. The molecule has 17 heavy (non-hydrogen) atoms. The number of amides is 1. The van der Waals surface area contributed by atoms with Crippen molar-refractivity contribution < 1.29 is 9.21 Å². The van der Waals surface area contributed by atoms with Gasteiger partial charge in [-0.3, -0.25) is 4.79 Å². The first-order chi connectivity index (χ1) is 8.25. The first-order valence-corrected chi connectivity index (χ1v) is 5.15. The summed E-state index contributed by atoms with van der Waals surface area (Å²) in [6.45, 7) is 0.485. The Balaban J connectivity index is 1.83. The van der Waals surface area contributed by atoms with E-state index in [2.05, 4.69) is 15.5 Å². The number of aromatic nitrogens is 2. The van der Waals surface area contributed by atoms with Gasteiger partial charge in [0.1, 0.15) is 11.6 Å². The molecule has 0 radical (unpaired) electrons. The van der Waals surface area contributed by atoms with Crippen LogP contribution in [0, 0.1) is 0 Å². The molecule has 0 aliphatic heterocycles. The minimum Gasteiger partial charge on any atom is -0.469 e. The molecule has 1 amide bonds. The van der Waals surface area contributed by atoms with Gasteiger partial charge in [-0.2, -0.15) is 0 Å². The number of carbonyl (C=O) groups is 1. The molecule has 3 N–H and O–H groups in total. The zero-order valence-electron chi connectivity index (χ0n) is 9.09.